The molecule has 1 aromatic rings. The Labute approximate surface area is 103 Å². The Morgan fingerprint density at radius 2 is 2.18 bits per heavy atom. The summed E-state index contributed by atoms with van der Waals surface area (Å²) >= 11 is 0. The third kappa shape index (κ3) is 3.63. The molecule has 3 nitrogen and oxygen atoms in total. The summed E-state index contributed by atoms with van der Waals surface area (Å²) in [6.45, 7) is 1.05. The Kier molecular flexibility index (Phi) is 4.26. The summed E-state index contributed by atoms with van der Waals surface area (Å²) in [5, 5.41) is 0. The summed E-state index contributed by atoms with van der Waals surface area (Å²) in [5.74, 6) is 0.432. The van der Waals surface area contributed by atoms with Gasteiger partial charge in [0.2, 0.25) is 0 Å². The number of hydrogen-bond donors (Lipinski definition) is 0. The van der Waals surface area contributed by atoms with E-state index in [-0.39, 0.29) is 0 Å². The van der Waals surface area contributed by atoms with Crippen LogP contribution in [0, 0.1) is 0 Å². The zero-order valence-electron chi connectivity index (χ0n) is 10.4. The summed E-state index contributed by atoms with van der Waals surface area (Å²) in [5.41, 5.74) is 1.28. The average Bonchev–Trinajstić information content (AvgIpc) is 2.38. The number of nitrogens with zero attached hydrogens (tertiary/aromatic N) is 2. The van der Waals surface area contributed by atoms with Crippen LogP contribution in [0.25, 0.3) is 0 Å². The number of hydrogen-bond acceptors (Lipinski definition) is 3. The number of carbonyl (C=O) groups is 1. The minimum atomic E-state index is 0.432. The third-order valence-corrected chi connectivity index (χ3v) is 3.61. The van der Waals surface area contributed by atoms with Crippen LogP contribution in [0.5, 0.6) is 0 Å². The number of aromatic nitrogens is 1. The van der Waals surface area contributed by atoms with Crippen LogP contribution in [-0.4, -0.2) is 35.3 Å². The Bertz CT molecular complexity index is 354. The van der Waals surface area contributed by atoms with Crippen molar-refractivity contribution in [3.63, 3.8) is 0 Å². The molecule has 0 atom stereocenters. The largest absolute Gasteiger partial charge is 0.303 e. The molecule has 1 aliphatic carbocycles. The van der Waals surface area contributed by atoms with Crippen LogP contribution in [-0.2, 0) is 11.2 Å². The van der Waals surface area contributed by atoms with E-state index in [1.807, 2.05) is 12.3 Å². The van der Waals surface area contributed by atoms with E-state index in [4.69, 9.17) is 0 Å². The molecule has 0 aromatic carbocycles. The van der Waals surface area contributed by atoms with Crippen LogP contribution in [0.3, 0.4) is 0 Å². The summed E-state index contributed by atoms with van der Waals surface area (Å²) < 4.78 is 0. The van der Waals surface area contributed by atoms with Crippen LogP contribution >= 0.6 is 0 Å². The monoisotopic (exact) mass is 232 g/mol. The molecular weight excluding hydrogens is 212 g/mol. The zero-order valence-corrected chi connectivity index (χ0v) is 10.4. The van der Waals surface area contributed by atoms with E-state index < -0.39 is 0 Å². The molecule has 1 saturated carbocycles. The standard InChI is InChI=1S/C14H20N2O/c1-16(13-4-6-14(17)7-5-13)10-8-12-3-2-9-15-11-12/h2-3,9,11,13H,4-8,10H2,1H3. The molecule has 92 valence electrons. The van der Waals surface area contributed by atoms with Gasteiger partial charge in [-0.1, -0.05) is 6.07 Å². The van der Waals surface area contributed by atoms with Crippen molar-refractivity contribution in [2.45, 2.75) is 38.1 Å². The van der Waals surface area contributed by atoms with Crippen LogP contribution in [0.1, 0.15) is 31.2 Å². The quantitative estimate of drug-likeness (QED) is 0.796. The lowest BCUT2D eigenvalue weighted by Crippen LogP contribution is -2.36. The van der Waals surface area contributed by atoms with E-state index in [0.29, 0.717) is 11.8 Å². The minimum Gasteiger partial charge on any atom is -0.303 e. The minimum absolute atomic E-state index is 0.432. The summed E-state index contributed by atoms with van der Waals surface area (Å²) in [6.07, 6.45) is 8.36. The predicted molar refractivity (Wildman–Crippen MR) is 67.8 cm³/mol. The van der Waals surface area contributed by atoms with Crippen molar-refractivity contribution in [3.8, 4) is 0 Å². The van der Waals surface area contributed by atoms with Gasteiger partial charge in [-0.25, -0.2) is 0 Å². The topological polar surface area (TPSA) is 33.2 Å². The summed E-state index contributed by atoms with van der Waals surface area (Å²) in [7, 11) is 2.16. The third-order valence-electron chi connectivity index (χ3n) is 3.61. The first-order valence-corrected chi connectivity index (χ1v) is 6.36. The molecule has 1 heterocycles. The van der Waals surface area contributed by atoms with Crippen molar-refractivity contribution in [1.82, 2.24) is 9.88 Å². The van der Waals surface area contributed by atoms with Crippen LogP contribution in [0.15, 0.2) is 24.5 Å². The highest BCUT2D eigenvalue weighted by Gasteiger charge is 2.21. The van der Waals surface area contributed by atoms with Crippen LogP contribution in [0.4, 0.5) is 0 Å². The number of Topliss-reactive ketones (excluding diaryl/α,β-unsaturated/α-hetero) is 1. The zero-order chi connectivity index (χ0) is 12.1. The molecule has 0 amide bonds. The molecule has 1 aliphatic rings. The summed E-state index contributed by atoms with van der Waals surface area (Å²) in [4.78, 5) is 17.7. The number of ketones is 1. The first-order chi connectivity index (χ1) is 8.25. The molecule has 0 bridgehead atoms. The van der Waals surface area contributed by atoms with Crippen molar-refractivity contribution in [2.75, 3.05) is 13.6 Å². The molecule has 0 aliphatic heterocycles. The molecule has 1 aromatic heterocycles. The lowest BCUT2D eigenvalue weighted by molar-refractivity contribution is -0.121. The maximum absolute atomic E-state index is 11.2. The highest BCUT2D eigenvalue weighted by atomic mass is 16.1. The molecule has 0 saturated heterocycles. The Morgan fingerprint density at radius 3 is 2.82 bits per heavy atom. The molecule has 17 heavy (non-hydrogen) atoms. The first-order valence-electron chi connectivity index (χ1n) is 6.36. The van der Waals surface area contributed by atoms with Gasteiger partial charge < -0.3 is 4.90 Å². The second-order valence-corrected chi connectivity index (χ2v) is 4.86. The van der Waals surface area contributed by atoms with E-state index in [9.17, 15) is 4.79 Å². The molecule has 2 rings (SSSR count). The predicted octanol–water partition coefficient (Wildman–Crippen LogP) is 2.07. The van der Waals surface area contributed by atoms with E-state index in [0.717, 1.165) is 38.6 Å². The SMILES string of the molecule is CN(CCc1cccnc1)C1CCC(=O)CC1. The van der Waals surface area contributed by atoms with Gasteiger partial charge in [0.25, 0.3) is 0 Å². The second-order valence-electron chi connectivity index (χ2n) is 4.86. The molecule has 0 radical (unpaired) electrons. The Hall–Kier alpha value is -1.22. The van der Waals surface area contributed by atoms with Gasteiger partial charge in [-0.15, -0.1) is 0 Å². The molecule has 0 unspecified atom stereocenters. The van der Waals surface area contributed by atoms with E-state index in [1.165, 1.54) is 5.56 Å². The fourth-order valence-electron chi connectivity index (χ4n) is 2.40. The van der Waals surface area contributed by atoms with E-state index in [2.05, 4.69) is 23.0 Å². The van der Waals surface area contributed by atoms with E-state index >= 15 is 0 Å². The Morgan fingerprint density at radius 1 is 1.41 bits per heavy atom. The van der Waals surface area contributed by atoms with Gasteiger partial charge in [0, 0.05) is 37.8 Å². The van der Waals surface area contributed by atoms with E-state index in [1.54, 1.807) is 6.20 Å². The molecular formula is C14H20N2O. The first kappa shape index (κ1) is 12.2. The van der Waals surface area contributed by atoms with Gasteiger partial charge in [0.15, 0.2) is 0 Å². The average molecular weight is 232 g/mol. The highest BCUT2D eigenvalue weighted by Crippen LogP contribution is 2.19. The smallest absolute Gasteiger partial charge is 0.133 e. The number of carbonyl (C=O) groups excluding carboxylic acids is 1. The van der Waals surface area contributed by atoms with Gasteiger partial charge in [-0.05, 0) is 37.9 Å². The number of likely N-dealkylation sites (N-methyl/N-ethyl adjacent to an activating group) is 1. The molecule has 3 heteroatoms. The summed E-state index contributed by atoms with van der Waals surface area (Å²) in [6, 6.07) is 4.68. The van der Waals surface area contributed by atoms with Crippen molar-refractivity contribution in [3.05, 3.63) is 30.1 Å². The van der Waals surface area contributed by atoms with Crippen molar-refractivity contribution < 1.29 is 4.79 Å². The second kappa shape index (κ2) is 5.92. The lowest BCUT2D eigenvalue weighted by atomic mass is 9.93. The maximum Gasteiger partial charge on any atom is 0.133 e. The van der Waals surface area contributed by atoms with Crippen molar-refractivity contribution >= 4 is 5.78 Å². The van der Waals surface area contributed by atoms with Crippen LogP contribution in [0.2, 0.25) is 0 Å². The Balaban J connectivity index is 1.77. The van der Waals surface area contributed by atoms with Crippen LogP contribution < -0.4 is 0 Å². The van der Waals surface area contributed by atoms with Crippen molar-refractivity contribution in [1.29, 1.82) is 0 Å². The number of rotatable bonds is 4. The number of pyridine rings is 1. The lowest BCUT2D eigenvalue weighted by Gasteiger charge is -2.30. The normalized spacial score (nSPS) is 17.6. The van der Waals surface area contributed by atoms with Gasteiger partial charge >= 0.3 is 0 Å². The maximum atomic E-state index is 11.2. The molecule has 1 fully saturated rings. The van der Waals surface area contributed by atoms with Crippen molar-refractivity contribution in [2.24, 2.45) is 0 Å². The van der Waals surface area contributed by atoms with Gasteiger partial charge in [-0.3, -0.25) is 9.78 Å². The van der Waals surface area contributed by atoms with Gasteiger partial charge in [0.05, 0.1) is 0 Å². The van der Waals surface area contributed by atoms with Gasteiger partial charge in [-0.2, -0.15) is 0 Å². The molecule has 0 spiro atoms. The fraction of sp³-hybridized carbons (Fsp3) is 0.571. The molecule has 0 N–H and O–H groups in total. The van der Waals surface area contributed by atoms with Gasteiger partial charge in [0.1, 0.15) is 5.78 Å². The fourth-order valence-corrected chi connectivity index (χ4v) is 2.40. The highest BCUT2D eigenvalue weighted by molar-refractivity contribution is 5.79.